The first-order valence-electron chi connectivity index (χ1n) is 11.9. The van der Waals surface area contributed by atoms with Crippen LogP contribution in [0.15, 0.2) is 48.5 Å². The van der Waals surface area contributed by atoms with Gasteiger partial charge in [0.15, 0.2) is 0 Å². The number of rotatable bonds is 13. The average molecular weight is 522 g/mol. The summed E-state index contributed by atoms with van der Waals surface area (Å²) < 4.78 is 26.2. The van der Waals surface area contributed by atoms with E-state index in [2.05, 4.69) is 5.32 Å². The minimum Gasteiger partial charge on any atom is -0.354 e. The third-order valence-corrected chi connectivity index (χ3v) is 7.21. The maximum Gasteiger partial charge on any atom is 0.242 e. The molecule has 1 atom stereocenters. The van der Waals surface area contributed by atoms with E-state index in [1.807, 2.05) is 38.1 Å². The van der Waals surface area contributed by atoms with E-state index in [9.17, 15) is 18.0 Å². The molecule has 0 fully saturated rings. The molecule has 0 spiro atoms. The monoisotopic (exact) mass is 521 g/mol. The molecule has 9 heteroatoms. The van der Waals surface area contributed by atoms with E-state index in [1.165, 1.54) is 9.21 Å². The van der Waals surface area contributed by atoms with Crippen molar-refractivity contribution in [2.24, 2.45) is 0 Å². The van der Waals surface area contributed by atoms with E-state index in [1.54, 1.807) is 31.2 Å². The zero-order valence-corrected chi connectivity index (χ0v) is 22.5. The molecule has 0 heterocycles. The molecule has 35 heavy (non-hydrogen) atoms. The van der Waals surface area contributed by atoms with Crippen LogP contribution in [0.3, 0.4) is 0 Å². The molecule has 0 aromatic heterocycles. The van der Waals surface area contributed by atoms with Gasteiger partial charge >= 0.3 is 0 Å². The number of amides is 2. The van der Waals surface area contributed by atoms with Gasteiger partial charge < -0.3 is 10.2 Å². The smallest absolute Gasteiger partial charge is 0.242 e. The predicted molar refractivity (Wildman–Crippen MR) is 142 cm³/mol. The third-order valence-electron chi connectivity index (χ3n) is 5.77. The van der Waals surface area contributed by atoms with Crippen LogP contribution in [-0.4, -0.2) is 50.5 Å². The number of carbonyl (C=O) groups excluding carboxylic acids is 2. The molecule has 7 nitrogen and oxygen atoms in total. The van der Waals surface area contributed by atoms with Gasteiger partial charge in [-0.25, -0.2) is 8.42 Å². The number of benzene rings is 2. The number of halogens is 1. The SMILES string of the molecule is CCCNC(=O)[C@@H](C)N(Cc1ccc(Cl)cc1)C(=O)CCCN(c1ccc(CC)cc1)S(C)(=O)=O. The maximum absolute atomic E-state index is 13.2. The summed E-state index contributed by atoms with van der Waals surface area (Å²) in [5.41, 5.74) is 2.54. The number of hydrogen-bond acceptors (Lipinski definition) is 4. The molecule has 0 aliphatic rings. The summed E-state index contributed by atoms with van der Waals surface area (Å²) in [5, 5.41) is 3.44. The first kappa shape index (κ1) is 28.7. The van der Waals surface area contributed by atoms with E-state index in [0.29, 0.717) is 23.7 Å². The lowest BCUT2D eigenvalue weighted by atomic mass is 10.1. The standard InChI is InChI=1S/C26H36ClN3O4S/c1-5-17-28-26(32)20(3)29(19-22-9-13-23(27)14-10-22)25(31)8-7-18-30(35(4,33)34)24-15-11-21(6-2)12-16-24/h9-16,20H,5-8,17-19H2,1-4H3,(H,28,32)/t20-/m1/s1. The van der Waals surface area contributed by atoms with E-state index < -0.39 is 16.1 Å². The van der Waals surface area contributed by atoms with E-state index >= 15 is 0 Å². The second-order valence-electron chi connectivity index (χ2n) is 8.57. The van der Waals surface area contributed by atoms with Crippen LogP contribution in [0.1, 0.15) is 51.2 Å². The number of anilines is 1. The molecule has 2 aromatic rings. The highest BCUT2D eigenvalue weighted by molar-refractivity contribution is 7.92. The molecule has 0 unspecified atom stereocenters. The normalized spacial score (nSPS) is 12.1. The van der Waals surface area contributed by atoms with E-state index in [0.717, 1.165) is 30.2 Å². The predicted octanol–water partition coefficient (Wildman–Crippen LogP) is 4.39. The van der Waals surface area contributed by atoms with Crippen LogP contribution in [0, 0.1) is 0 Å². The Morgan fingerprint density at radius 2 is 1.60 bits per heavy atom. The van der Waals surface area contributed by atoms with Crippen LogP contribution in [0.5, 0.6) is 0 Å². The summed E-state index contributed by atoms with van der Waals surface area (Å²) >= 11 is 5.98. The lowest BCUT2D eigenvalue weighted by molar-refractivity contribution is -0.140. The van der Waals surface area contributed by atoms with Gasteiger partial charge in [0.1, 0.15) is 6.04 Å². The Kier molecular flexibility index (Phi) is 11.0. The number of hydrogen-bond donors (Lipinski definition) is 1. The number of carbonyl (C=O) groups is 2. The fourth-order valence-electron chi connectivity index (χ4n) is 3.67. The molecule has 0 bridgehead atoms. The Balaban J connectivity index is 2.14. The van der Waals surface area contributed by atoms with Gasteiger partial charge in [-0.3, -0.25) is 13.9 Å². The lowest BCUT2D eigenvalue weighted by Gasteiger charge is -2.29. The molecule has 0 aliphatic heterocycles. The minimum atomic E-state index is -3.52. The van der Waals surface area contributed by atoms with Crippen LogP contribution in [0.2, 0.25) is 5.02 Å². The average Bonchev–Trinajstić information content (AvgIpc) is 2.83. The molecule has 2 rings (SSSR count). The van der Waals surface area contributed by atoms with E-state index in [4.69, 9.17) is 11.6 Å². The van der Waals surface area contributed by atoms with Crippen LogP contribution in [0.4, 0.5) is 5.69 Å². The van der Waals surface area contributed by atoms with Crippen molar-refractivity contribution in [3.05, 3.63) is 64.7 Å². The zero-order chi connectivity index (χ0) is 26.0. The summed E-state index contributed by atoms with van der Waals surface area (Å²) in [6.45, 7) is 6.66. The van der Waals surface area contributed by atoms with Crippen LogP contribution < -0.4 is 9.62 Å². The molecular formula is C26H36ClN3O4S. The maximum atomic E-state index is 13.2. The third kappa shape index (κ3) is 8.85. The van der Waals surface area contributed by atoms with Gasteiger partial charge in [0.2, 0.25) is 21.8 Å². The summed E-state index contributed by atoms with van der Waals surface area (Å²) in [6, 6.07) is 13.9. The topological polar surface area (TPSA) is 86.8 Å². The highest BCUT2D eigenvalue weighted by Gasteiger charge is 2.26. The number of nitrogens with zero attached hydrogens (tertiary/aromatic N) is 2. The van der Waals surface area contributed by atoms with Crippen molar-refractivity contribution in [2.75, 3.05) is 23.7 Å². The fourth-order valence-corrected chi connectivity index (χ4v) is 4.76. The molecule has 0 saturated heterocycles. The van der Waals surface area contributed by atoms with Gasteiger partial charge in [0, 0.05) is 31.1 Å². The van der Waals surface area contributed by atoms with Crippen molar-refractivity contribution in [1.29, 1.82) is 0 Å². The number of aryl methyl sites for hydroxylation is 1. The van der Waals surface area contributed by atoms with Gasteiger partial charge in [0.25, 0.3) is 0 Å². The molecular weight excluding hydrogens is 486 g/mol. The second kappa shape index (κ2) is 13.5. The Bertz CT molecular complexity index is 1070. The highest BCUT2D eigenvalue weighted by Crippen LogP contribution is 2.20. The molecule has 2 amide bonds. The Morgan fingerprint density at radius 3 is 2.14 bits per heavy atom. The summed E-state index contributed by atoms with van der Waals surface area (Å²) in [7, 11) is -3.52. The van der Waals surface area contributed by atoms with Gasteiger partial charge in [-0.15, -0.1) is 0 Å². The Hall–Kier alpha value is -2.58. The Morgan fingerprint density at radius 1 is 1.00 bits per heavy atom. The van der Waals surface area contributed by atoms with Gasteiger partial charge in [0.05, 0.1) is 11.9 Å². The molecule has 0 saturated carbocycles. The Labute approximate surface area is 214 Å². The largest absolute Gasteiger partial charge is 0.354 e. The summed E-state index contributed by atoms with van der Waals surface area (Å²) in [6.07, 6.45) is 3.25. The summed E-state index contributed by atoms with van der Waals surface area (Å²) in [4.78, 5) is 27.4. The minimum absolute atomic E-state index is 0.109. The van der Waals surface area contributed by atoms with Crippen molar-refractivity contribution >= 4 is 39.1 Å². The van der Waals surface area contributed by atoms with Crippen LogP contribution >= 0.6 is 11.6 Å². The quantitative estimate of drug-likeness (QED) is 0.423. The number of nitrogens with one attached hydrogen (secondary N) is 1. The molecule has 0 aliphatic carbocycles. The van der Waals surface area contributed by atoms with Crippen LogP contribution in [-0.2, 0) is 32.6 Å². The van der Waals surface area contributed by atoms with Crippen molar-refractivity contribution in [2.45, 2.75) is 59.0 Å². The van der Waals surface area contributed by atoms with Gasteiger partial charge in [-0.05, 0) is 61.6 Å². The highest BCUT2D eigenvalue weighted by atomic mass is 35.5. The second-order valence-corrected chi connectivity index (χ2v) is 10.9. The molecule has 1 N–H and O–H groups in total. The first-order chi connectivity index (χ1) is 16.6. The number of sulfonamides is 1. The van der Waals surface area contributed by atoms with Crippen molar-refractivity contribution < 1.29 is 18.0 Å². The van der Waals surface area contributed by atoms with Crippen molar-refractivity contribution in [3.8, 4) is 0 Å². The molecule has 0 radical (unpaired) electrons. The molecule has 192 valence electrons. The first-order valence-corrected chi connectivity index (χ1v) is 14.2. The van der Waals surface area contributed by atoms with Crippen molar-refractivity contribution in [1.82, 2.24) is 10.2 Å². The zero-order valence-electron chi connectivity index (χ0n) is 21.0. The lowest BCUT2D eigenvalue weighted by Crippen LogP contribution is -2.47. The molecule has 2 aromatic carbocycles. The fraction of sp³-hybridized carbons (Fsp3) is 0.462. The van der Waals surface area contributed by atoms with Gasteiger partial charge in [-0.1, -0.05) is 49.7 Å². The van der Waals surface area contributed by atoms with Crippen LogP contribution in [0.25, 0.3) is 0 Å². The van der Waals surface area contributed by atoms with E-state index in [-0.39, 0.29) is 31.3 Å². The van der Waals surface area contributed by atoms with Crippen molar-refractivity contribution in [3.63, 3.8) is 0 Å². The summed E-state index contributed by atoms with van der Waals surface area (Å²) in [5.74, 6) is -0.433. The van der Waals surface area contributed by atoms with Gasteiger partial charge in [-0.2, -0.15) is 0 Å².